The number of carbonyl (C=O) groups is 1. The number of rotatable bonds is 3. The van der Waals surface area contributed by atoms with Gasteiger partial charge >= 0.3 is 5.97 Å². The van der Waals surface area contributed by atoms with Crippen molar-refractivity contribution >= 4 is 17.7 Å². The molecule has 2 aliphatic rings. The fourth-order valence-corrected chi connectivity index (χ4v) is 3.80. The number of nitrogens with zero attached hydrogens (tertiary/aromatic N) is 2. The molecule has 0 saturated heterocycles. The maximum absolute atomic E-state index is 12.2. The Hall–Kier alpha value is -1.75. The summed E-state index contributed by atoms with van der Waals surface area (Å²) in [5.41, 5.74) is 2.63. The number of para-hydroxylation sites is 1. The summed E-state index contributed by atoms with van der Waals surface area (Å²) in [6.07, 6.45) is 2.32. The van der Waals surface area contributed by atoms with E-state index in [1.165, 1.54) is 4.90 Å². The van der Waals surface area contributed by atoms with Crippen LogP contribution in [0.5, 0.6) is 0 Å². The minimum absolute atomic E-state index is 0.298. The van der Waals surface area contributed by atoms with Crippen LogP contribution in [0.15, 0.2) is 29.2 Å². The summed E-state index contributed by atoms with van der Waals surface area (Å²) < 4.78 is 7.36. The van der Waals surface area contributed by atoms with Crippen LogP contribution in [0.1, 0.15) is 47.7 Å². The molecule has 2 aromatic rings. The van der Waals surface area contributed by atoms with Gasteiger partial charge in [0.05, 0.1) is 18.0 Å². The van der Waals surface area contributed by atoms with E-state index in [0.29, 0.717) is 18.2 Å². The van der Waals surface area contributed by atoms with Crippen LogP contribution in [0.25, 0.3) is 5.69 Å². The Labute approximate surface area is 127 Å². The topological polar surface area (TPSA) is 44.1 Å². The van der Waals surface area contributed by atoms with E-state index in [2.05, 4.69) is 27.8 Å². The number of imidazole rings is 1. The van der Waals surface area contributed by atoms with Crippen molar-refractivity contribution < 1.29 is 9.53 Å². The number of thioether (sulfide) groups is 1. The Morgan fingerprint density at radius 1 is 1.43 bits per heavy atom. The molecule has 0 N–H and O–H groups in total. The van der Waals surface area contributed by atoms with E-state index in [1.807, 2.05) is 13.0 Å². The molecule has 0 spiro atoms. The largest absolute Gasteiger partial charge is 0.461 e. The maximum Gasteiger partial charge on any atom is 0.358 e. The van der Waals surface area contributed by atoms with Gasteiger partial charge in [0, 0.05) is 16.6 Å². The second-order valence-corrected chi connectivity index (χ2v) is 6.37. The molecule has 4 rings (SSSR count). The van der Waals surface area contributed by atoms with Crippen LogP contribution in [-0.4, -0.2) is 22.1 Å². The van der Waals surface area contributed by atoms with Gasteiger partial charge in [0.25, 0.3) is 0 Å². The highest BCUT2D eigenvalue weighted by molar-refractivity contribution is 7.98. The Bertz CT molecular complexity index is 719. The number of aromatic nitrogens is 2. The number of carbonyl (C=O) groups excluding carboxylic acids is 1. The molecule has 21 heavy (non-hydrogen) atoms. The summed E-state index contributed by atoms with van der Waals surface area (Å²) in [4.78, 5) is 18.1. The van der Waals surface area contributed by atoms with Gasteiger partial charge in [-0.3, -0.25) is 4.57 Å². The molecular formula is C16H16N2O2S. The Morgan fingerprint density at radius 2 is 2.24 bits per heavy atom. The standard InChI is InChI=1S/C16H16N2O2S/c1-2-20-16(19)14-12-9-21-13-6-4-3-5-11(13)18(12)15(17-14)10-7-8-10/h3-6,10H,2,7-9H2,1H3. The molecule has 1 aromatic carbocycles. The first-order valence-electron chi connectivity index (χ1n) is 7.30. The van der Waals surface area contributed by atoms with Gasteiger partial charge in [-0.15, -0.1) is 11.8 Å². The van der Waals surface area contributed by atoms with Crippen LogP contribution in [-0.2, 0) is 10.5 Å². The predicted octanol–water partition coefficient (Wildman–Crippen LogP) is 3.53. The second kappa shape index (κ2) is 4.91. The van der Waals surface area contributed by atoms with Gasteiger partial charge in [-0.1, -0.05) is 12.1 Å². The molecule has 0 bridgehead atoms. The maximum atomic E-state index is 12.2. The lowest BCUT2D eigenvalue weighted by atomic mass is 10.2. The molecule has 1 aliphatic carbocycles. The van der Waals surface area contributed by atoms with Crippen molar-refractivity contribution in [1.29, 1.82) is 0 Å². The molecule has 1 saturated carbocycles. The van der Waals surface area contributed by atoms with Gasteiger partial charge in [0.2, 0.25) is 0 Å². The molecule has 1 fully saturated rings. The number of hydrogen-bond donors (Lipinski definition) is 0. The third-order valence-electron chi connectivity index (χ3n) is 3.88. The first-order chi connectivity index (χ1) is 10.3. The number of hydrogen-bond acceptors (Lipinski definition) is 4. The Balaban J connectivity index is 1.90. The second-order valence-electron chi connectivity index (χ2n) is 5.35. The molecule has 108 valence electrons. The summed E-state index contributed by atoms with van der Waals surface area (Å²) >= 11 is 1.76. The number of ether oxygens (including phenoxy) is 1. The van der Waals surface area contributed by atoms with Gasteiger partial charge in [-0.25, -0.2) is 9.78 Å². The van der Waals surface area contributed by atoms with E-state index in [4.69, 9.17) is 4.74 Å². The van der Waals surface area contributed by atoms with Gasteiger partial charge in [-0.05, 0) is 31.9 Å². The zero-order valence-corrected chi connectivity index (χ0v) is 12.7. The lowest BCUT2D eigenvalue weighted by Crippen LogP contribution is -2.12. The van der Waals surface area contributed by atoms with Crippen LogP contribution < -0.4 is 0 Å². The Morgan fingerprint density at radius 3 is 3.00 bits per heavy atom. The molecule has 0 radical (unpaired) electrons. The number of benzene rings is 1. The zero-order valence-electron chi connectivity index (χ0n) is 11.8. The SMILES string of the molecule is CCOC(=O)c1nc(C2CC2)n2c1CSc1ccccc1-2. The predicted molar refractivity (Wildman–Crippen MR) is 81.1 cm³/mol. The highest BCUT2D eigenvalue weighted by Gasteiger charge is 2.35. The minimum atomic E-state index is -0.298. The van der Waals surface area contributed by atoms with E-state index in [1.54, 1.807) is 11.8 Å². The van der Waals surface area contributed by atoms with Crippen molar-refractivity contribution in [2.45, 2.75) is 36.3 Å². The lowest BCUT2D eigenvalue weighted by molar-refractivity contribution is 0.0519. The van der Waals surface area contributed by atoms with Gasteiger partial charge in [0.15, 0.2) is 5.69 Å². The summed E-state index contributed by atoms with van der Waals surface area (Å²) in [7, 11) is 0. The third-order valence-corrected chi connectivity index (χ3v) is 4.95. The first-order valence-corrected chi connectivity index (χ1v) is 8.29. The van der Waals surface area contributed by atoms with Crippen LogP contribution in [0.3, 0.4) is 0 Å². The molecule has 0 amide bonds. The van der Waals surface area contributed by atoms with Crippen molar-refractivity contribution in [3.63, 3.8) is 0 Å². The van der Waals surface area contributed by atoms with Crippen molar-refractivity contribution in [2.24, 2.45) is 0 Å². The molecule has 1 aromatic heterocycles. The van der Waals surface area contributed by atoms with Crippen molar-refractivity contribution in [3.8, 4) is 5.69 Å². The average molecular weight is 300 g/mol. The fraction of sp³-hybridized carbons (Fsp3) is 0.375. The van der Waals surface area contributed by atoms with Gasteiger partial charge in [-0.2, -0.15) is 0 Å². The van der Waals surface area contributed by atoms with E-state index < -0.39 is 0 Å². The summed E-state index contributed by atoms with van der Waals surface area (Å²) in [6, 6.07) is 8.32. The van der Waals surface area contributed by atoms with Crippen LogP contribution in [0, 0.1) is 0 Å². The van der Waals surface area contributed by atoms with E-state index in [0.717, 1.165) is 35.8 Å². The lowest BCUT2D eigenvalue weighted by Gasteiger charge is -2.20. The number of fused-ring (bicyclic) bond motifs is 3. The third kappa shape index (κ3) is 2.07. The molecule has 4 nitrogen and oxygen atoms in total. The van der Waals surface area contributed by atoms with Gasteiger partial charge in [0.1, 0.15) is 5.82 Å². The summed E-state index contributed by atoms with van der Waals surface area (Å²) in [5, 5.41) is 0. The highest BCUT2D eigenvalue weighted by atomic mass is 32.2. The van der Waals surface area contributed by atoms with E-state index >= 15 is 0 Å². The van der Waals surface area contributed by atoms with Crippen molar-refractivity contribution in [1.82, 2.24) is 9.55 Å². The molecule has 0 atom stereocenters. The summed E-state index contributed by atoms with van der Waals surface area (Å²) in [6.45, 7) is 2.21. The quantitative estimate of drug-likeness (QED) is 0.813. The van der Waals surface area contributed by atoms with Gasteiger partial charge < -0.3 is 4.74 Å². The number of esters is 1. The normalized spacial score (nSPS) is 16.2. The fourth-order valence-electron chi connectivity index (χ4n) is 2.76. The monoisotopic (exact) mass is 300 g/mol. The smallest absolute Gasteiger partial charge is 0.358 e. The van der Waals surface area contributed by atoms with Crippen LogP contribution in [0.2, 0.25) is 0 Å². The molecule has 1 aliphatic heterocycles. The molecule has 5 heteroatoms. The van der Waals surface area contributed by atoms with E-state index in [9.17, 15) is 4.79 Å². The van der Waals surface area contributed by atoms with E-state index in [-0.39, 0.29) is 5.97 Å². The highest BCUT2D eigenvalue weighted by Crippen LogP contribution is 2.45. The van der Waals surface area contributed by atoms with Crippen LogP contribution in [0.4, 0.5) is 0 Å². The summed E-state index contributed by atoms with van der Waals surface area (Å²) in [5.74, 6) is 1.99. The molecule has 0 unspecified atom stereocenters. The Kier molecular flexibility index (Phi) is 3.03. The molecular weight excluding hydrogens is 284 g/mol. The minimum Gasteiger partial charge on any atom is -0.461 e. The van der Waals surface area contributed by atoms with Crippen molar-refractivity contribution in [3.05, 3.63) is 41.5 Å². The van der Waals surface area contributed by atoms with Crippen LogP contribution >= 0.6 is 11.8 Å². The molecule has 2 heterocycles. The first kappa shape index (κ1) is 13.0. The zero-order chi connectivity index (χ0) is 14.4. The average Bonchev–Trinajstić information content (AvgIpc) is 3.27. The van der Waals surface area contributed by atoms with Crippen molar-refractivity contribution in [2.75, 3.05) is 6.61 Å².